The van der Waals surface area contributed by atoms with Crippen LogP contribution in [0.3, 0.4) is 0 Å². The first-order valence-corrected chi connectivity index (χ1v) is 6.69. The maximum absolute atomic E-state index is 11.8. The molecule has 5 nitrogen and oxygen atoms in total. The van der Waals surface area contributed by atoms with Crippen molar-refractivity contribution >= 4 is 5.91 Å². The lowest BCUT2D eigenvalue weighted by Crippen LogP contribution is -2.58. The first-order valence-electron chi connectivity index (χ1n) is 6.69. The van der Waals surface area contributed by atoms with Crippen molar-refractivity contribution in [3.05, 3.63) is 18.7 Å². The van der Waals surface area contributed by atoms with E-state index in [0.717, 1.165) is 38.8 Å². The summed E-state index contributed by atoms with van der Waals surface area (Å²) in [5.41, 5.74) is 5.15. The van der Waals surface area contributed by atoms with Crippen molar-refractivity contribution in [2.75, 3.05) is 6.54 Å². The average molecular weight is 250 g/mol. The van der Waals surface area contributed by atoms with Gasteiger partial charge in [0.05, 0.1) is 6.33 Å². The molecule has 0 spiro atoms. The largest absolute Gasteiger partial charge is 0.368 e. The maximum Gasteiger partial charge on any atom is 0.238 e. The molecule has 1 aromatic rings. The maximum atomic E-state index is 11.8. The first-order chi connectivity index (χ1) is 8.69. The number of hydrogen-bond donors (Lipinski definition) is 2. The molecule has 1 aliphatic carbocycles. The van der Waals surface area contributed by atoms with Gasteiger partial charge >= 0.3 is 0 Å². The molecule has 1 fully saturated rings. The monoisotopic (exact) mass is 250 g/mol. The van der Waals surface area contributed by atoms with Crippen LogP contribution in [0, 0.1) is 5.92 Å². The van der Waals surface area contributed by atoms with Crippen LogP contribution in [0.5, 0.6) is 0 Å². The smallest absolute Gasteiger partial charge is 0.238 e. The number of amides is 1. The molecule has 1 amide bonds. The summed E-state index contributed by atoms with van der Waals surface area (Å²) in [4.78, 5) is 15.9. The molecular weight excluding hydrogens is 228 g/mol. The topological polar surface area (TPSA) is 72.9 Å². The molecular formula is C13H22N4O. The normalized spacial score (nSPS) is 27.5. The van der Waals surface area contributed by atoms with Crippen molar-refractivity contribution in [3.63, 3.8) is 0 Å². The highest BCUT2D eigenvalue weighted by Gasteiger charge is 2.46. The van der Waals surface area contributed by atoms with E-state index in [1.54, 1.807) is 6.20 Å². The Balaban J connectivity index is 2.03. The molecule has 1 heterocycles. The van der Waals surface area contributed by atoms with Crippen molar-refractivity contribution in [3.8, 4) is 0 Å². The van der Waals surface area contributed by atoms with Crippen molar-refractivity contribution in [2.24, 2.45) is 11.7 Å². The summed E-state index contributed by atoms with van der Waals surface area (Å²) in [6.07, 6.45) is 9.52. The van der Waals surface area contributed by atoms with E-state index >= 15 is 0 Å². The average Bonchev–Trinajstić information content (AvgIpc) is 2.96. The van der Waals surface area contributed by atoms with Crippen LogP contribution < -0.4 is 11.1 Å². The van der Waals surface area contributed by atoms with Gasteiger partial charge in [-0.2, -0.15) is 0 Å². The molecule has 0 aromatic carbocycles. The van der Waals surface area contributed by atoms with Gasteiger partial charge in [-0.25, -0.2) is 4.98 Å². The van der Waals surface area contributed by atoms with E-state index in [-0.39, 0.29) is 5.91 Å². The van der Waals surface area contributed by atoms with Crippen molar-refractivity contribution in [2.45, 2.75) is 44.7 Å². The molecule has 0 saturated heterocycles. The Morgan fingerprint density at radius 3 is 3.11 bits per heavy atom. The second kappa shape index (κ2) is 5.52. The zero-order chi connectivity index (χ0) is 13.0. The summed E-state index contributed by atoms with van der Waals surface area (Å²) in [5.74, 6) is 0.134. The Morgan fingerprint density at radius 1 is 1.67 bits per heavy atom. The minimum atomic E-state index is -0.491. The number of carbonyl (C=O) groups is 1. The lowest BCUT2D eigenvalue weighted by molar-refractivity contribution is -0.126. The second-order valence-corrected chi connectivity index (χ2v) is 5.04. The summed E-state index contributed by atoms with van der Waals surface area (Å²) in [6, 6.07) is 0. The number of rotatable bonds is 6. The Kier molecular flexibility index (Phi) is 4.01. The van der Waals surface area contributed by atoms with Gasteiger partial charge in [-0.15, -0.1) is 0 Å². The Morgan fingerprint density at radius 2 is 2.50 bits per heavy atom. The third kappa shape index (κ3) is 2.41. The third-order valence-electron chi connectivity index (χ3n) is 4.05. The van der Waals surface area contributed by atoms with Crippen LogP contribution in [0.15, 0.2) is 18.7 Å². The summed E-state index contributed by atoms with van der Waals surface area (Å²) in [5, 5.41) is 3.34. The summed E-state index contributed by atoms with van der Waals surface area (Å²) < 4.78 is 2.05. The Labute approximate surface area is 108 Å². The number of nitrogens with two attached hydrogens (primary N) is 1. The number of nitrogens with zero attached hydrogens (tertiary/aromatic N) is 2. The van der Waals surface area contributed by atoms with Crippen LogP contribution in [0.25, 0.3) is 0 Å². The zero-order valence-corrected chi connectivity index (χ0v) is 10.9. The Hall–Kier alpha value is -1.36. The number of hydrogen-bond acceptors (Lipinski definition) is 3. The molecule has 2 unspecified atom stereocenters. The van der Waals surface area contributed by atoms with E-state index in [4.69, 9.17) is 5.73 Å². The fraction of sp³-hybridized carbons (Fsp3) is 0.692. The molecule has 1 aliphatic rings. The lowest BCUT2D eigenvalue weighted by Gasteiger charge is -2.33. The fourth-order valence-electron chi connectivity index (χ4n) is 3.15. The molecule has 0 aliphatic heterocycles. The van der Waals surface area contributed by atoms with Crippen molar-refractivity contribution in [1.29, 1.82) is 0 Å². The SMILES string of the molecule is CCNC1(C(N)=O)CCCC1CCn1ccnc1. The molecule has 18 heavy (non-hydrogen) atoms. The standard InChI is InChI=1S/C13H22N4O/c1-2-16-13(12(14)18)6-3-4-11(13)5-8-17-9-7-15-10-17/h7,9-11,16H,2-6,8H2,1H3,(H2,14,18). The van der Waals surface area contributed by atoms with Gasteiger partial charge in [-0.3, -0.25) is 4.79 Å². The molecule has 2 atom stereocenters. The van der Waals surface area contributed by atoms with E-state index in [9.17, 15) is 4.79 Å². The van der Waals surface area contributed by atoms with Gasteiger partial charge in [0.1, 0.15) is 5.54 Å². The molecule has 1 aromatic heterocycles. The number of primary amides is 1. The van der Waals surface area contributed by atoms with Gasteiger partial charge < -0.3 is 15.6 Å². The molecule has 2 rings (SSSR count). The highest BCUT2D eigenvalue weighted by Crippen LogP contribution is 2.38. The highest BCUT2D eigenvalue weighted by atomic mass is 16.1. The van der Waals surface area contributed by atoms with Gasteiger partial charge in [0, 0.05) is 18.9 Å². The lowest BCUT2D eigenvalue weighted by atomic mass is 9.83. The summed E-state index contributed by atoms with van der Waals surface area (Å²) >= 11 is 0. The van der Waals surface area contributed by atoms with Gasteiger partial charge in [0.2, 0.25) is 5.91 Å². The minimum Gasteiger partial charge on any atom is -0.368 e. The first kappa shape index (κ1) is 13.1. The van der Waals surface area contributed by atoms with Crippen LogP contribution in [0.2, 0.25) is 0 Å². The van der Waals surface area contributed by atoms with Crippen LogP contribution in [0.4, 0.5) is 0 Å². The molecule has 0 bridgehead atoms. The van der Waals surface area contributed by atoms with Crippen LogP contribution in [0.1, 0.15) is 32.6 Å². The molecule has 1 saturated carbocycles. The number of aromatic nitrogens is 2. The number of carbonyl (C=O) groups excluding carboxylic acids is 1. The summed E-state index contributed by atoms with van der Waals surface area (Å²) in [7, 11) is 0. The highest BCUT2D eigenvalue weighted by molar-refractivity contribution is 5.85. The van der Waals surface area contributed by atoms with Gasteiger partial charge in [0.15, 0.2) is 0 Å². The van der Waals surface area contributed by atoms with Crippen molar-refractivity contribution in [1.82, 2.24) is 14.9 Å². The summed E-state index contributed by atoms with van der Waals surface area (Å²) in [6.45, 7) is 3.70. The number of imidazole rings is 1. The number of likely N-dealkylation sites (N-methyl/N-ethyl adjacent to an activating group) is 1. The molecule has 3 N–H and O–H groups in total. The van der Waals surface area contributed by atoms with E-state index in [2.05, 4.69) is 14.9 Å². The zero-order valence-electron chi connectivity index (χ0n) is 10.9. The van der Waals surface area contributed by atoms with Crippen LogP contribution >= 0.6 is 0 Å². The Bertz CT molecular complexity index is 390. The predicted octanol–water partition coefficient (Wildman–Crippen LogP) is 0.907. The van der Waals surface area contributed by atoms with Gasteiger partial charge in [-0.05, 0) is 31.7 Å². The fourth-order valence-corrected chi connectivity index (χ4v) is 3.15. The quantitative estimate of drug-likeness (QED) is 0.788. The van der Waals surface area contributed by atoms with Crippen LogP contribution in [-0.2, 0) is 11.3 Å². The predicted molar refractivity (Wildman–Crippen MR) is 69.8 cm³/mol. The van der Waals surface area contributed by atoms with Crippen LogP contribution in [-0.4, -0.2) is 27.5 Å². The number of aryl methyl sites for hydroxylation is 1. The van der Waals surface area contributed by atoms with E-state index in [1.807, 2.05) is 19.4 Å². The molecule has 5 heteroatoms. The van der Waals surface area contributed by atoms with Gasteiger partial charge in [-0.1, -0.05) is 13.3 Å². The second-order valence-electron chi connectivity index (χ2n) is 5.04. The number of nitrogens with one attached hydrogen (secondary N) is 1. The molecule has 0 radical (unpaired) electrons. The minimum absolute atomic E-state index is 0.197. The van der Waals surface area contributed by atoms with Gasteiger partial charge in [0.25, 0.3) is 0 Å². The molecule has 100 valence electrons. The van der Waals surface area contributed by atoms with Crippen molar-refractivity contribution < 1.29 is 4.79 Å². The van der Waals surface area contributed by atoms with E-state index in [1.165, 1.54) is 0 Å². The van der Waals surface area contributed by atoms with E-state index in [0.29, 0.717) is 5.92 Å². The van der Waals surface area contributed by atoms with E-state index < -0.39 is 5.54 Å². The third-order valence-corrected chi connectivity index (χ3v) is 4.05.